The Labute approximate surface area is 171 Å². The highest BCUT2D eigenvalue weighted by atomic mass is 16.5. The smallest absolute Gasteiger partial charge is 0.239 e. The van der Waals surface area contributed by atoms with E-state index in [1.165, 1.54) is 0 Å². The van der Waals surface area contributed by atoms with Gasteiger partial charge in [-0.25, -0.2) is 0 Å². The summed E-state index contributed by atoms with van der Waals surface area (Å²) in [6, 6.07) is 7.72. The van der Waals surface area contributed by atoms with Crippen LogP contribution in [0.1, 0.15) is 31.7 Å². The van der Waals surface area contributed by atoms with Crippen LogP contribution < -0.4 is 10.1 Å². The second-order valence-electron chi connectivity index (χ2n) is 8.96. The Morgan fingerprint density at radius 2 is 1.93 bits per heavy atom. The van der Waals surface area contributed by atoms with Gasteiger partial charge in [0.15, 0.2) is 0 Å². The van der Waals surface area contributed by atoms with Crippen molar-refractivity contribution in [1.82, 2.24) is 15.1 Å². The normalized spacial score (nSPS) is 22.2. The minimum Gasteiger partial charge on any atom is -0.497 e. The van der Waals surface area contributed by atoms with Gasteiger partial charge in [-0.05, 0) is 43.4 Å². The maximum absolute atomic E-state index is 13.6. The van der Waals surface area contributed by atoms with E-state index in [4.69, 9.17) is 4.74 Å². The van der Waals surface area contributed by atoms with Crippen LogP contribution in [0.25, 0.3) is 0 Å². The molecule has 1 saturated carbocycles. The van der Waals surface area contributed by atoms with Gasteiger partial charge in [0.25, 0.3) is 0 Å². The number of amides is 3. The zero-order valence-corrected chi connectivity index (χ0v) is 17.2. The first-order valence-corrected chi connectivity index (χ1v) is 10.3. The lowest BCUT2D eigenvalue weighted by molar-refractivity contribution is -0.164. The molecule has 3 amide bonds. The van der Waals surface area contributed by atoms with Gasteiger partial charge in [0.1, 0.15) is 5.75 Å². The minimum atomic E-state index is -0.683. The summed E-state index contributed by atoms with van der Waals surface area (Å²) in [5.41, 5.74) is 0.0765. The highest BCUT2D eigenvalue weighted by Gasteiger charge is 2.57. The van der Waals surface area contributed by atoms with Crippen molar-refractivity contribution in [3.05, 3.63) is 29.8 Å². The summed E-state index contributed by atoms with van der Waals surface area (Å²) in [6.07, 6.45) is 3.12. The number of hydrogen-bond acceptors (Lipinski definition) is 4. The molecule has 7 nitrogen and oxygen atoms in total. The van der Waals surface area contributed by atoms with Crippen molar-refractivity contribution in [3.8, 4) is 5.75 Å². The molecule has 2 heterocycles. The van der Waals surface area contributed by atoms with Crippen molar-refractivity contribution in [2.75, 3.05) is 39.8 Å². The van der Waals surface area contributed by atoms with E-state index >= 15 is 0 Å². The standard InChI is InChI=1S/C22H29N3O4/c1-21(7-8-21)19(27)25-14-22(15-25,12-16-5-3-6-17(11-16)29-2)20(28)24-10-4-9-23-18(26)13-24/h3,5-6,11H,4,7-10,12-15H2,1-2H3,(H,23,26). The van der Waals surface area contributed by atoms with Gasteiger partial charge in [-0.3, -0.25) is 14.4 Å². The SMILES string of the molecule is COc1cccc(CC2(C(=O)N3CCCNC(=O)C3)CN(C(=O)C3(C)CC3)C2)c1. The third-order valence-electron chi connectivity index (χ3n) is 6.47. The maximum atomic E-state index is 13.6. The molecule has 0 aromatic heterocycles. The van der Waals surface area contributed by atoms with E-state index in [1.54, 1.807) is 12.0 Å². The van der Waals surface area contributed by atoms with Crippen LogP contribution in [-0.2, 0) is 20.8 Å². The molecule has 4 rings (SSSR count). The number of likely N-dealkylation sites (tertiary alicyclic amines) is 1. The Hall–Kier alpha value is -2.57. The van der Waals surface area contributed by atoms with Crippen LogP contribution in [0.3, 0.4) is 0 Å². The lowest BCUT2D eigenvalue weighted by Gasteiger charge is -2.51. The van der Waals surface area contributed by atoms with Gasteiger partial charge in [-0.2, -0.15) is 0 Å². The van der Waals surface area contributed by atoms with E-state index in [0.717, 1.165) is 30.6 Å². The van der Waals surface area contributed by atoms with E-state index in [9.17, 15) is 14.4 Å². The number of hydrogen-bond donors (Lipinski definition) is 1. The van der Waals surface area contributed by atoms with Crippen molar-refractivity contribution in [2.24, 2.45) is 10.8 Å². The van der Waals surface area contributed by atoms with Crippen LogP contribution in [0.15, 0.2) is 24.3 Å². The summed E-state index contributed by atoms with van der Waals surface area (Å²) >= 11 is 0. The fraction of sp³-hybridized carbons (Fsp3) is 0.591. The summed E-state index contributed by atoms with van der Waals surface area (Å²) in [5, 5.41) is 2.82. The predicted molar refractivity (Wildman–Crippen MR) is 107 cm³/mol. The van der Waals surface area contributed by atoms with Crippen molar-refractivity contribution in [3.63, 3.8) is 0 Å². The molecule has 3 fully saturated rings. The molecule has 1 N–H and O–H groups in total. The maximum Gasteiger partial charge on any atom is 0.239 e. The van der Waals surface area contributed by atoms with Gasteiger partial charge in [-0.15, -0.1) is 0 Å². The monoisotopic (exact) mass is 399 g/mol. The highest BCUT2D eigenvalue weighted by molar-refractivity contribution is 5.93. The van der Waals surface area contributed by atoms with Gasteiger partial charge in [0.05, 0.1) is 19.1 Å². The molecule has 3 aliphatic rings. The summed E-state index contributed by atoms with van der Waals surface area (Å²) in [7, 11) is 1.62. The molecule has 2 aliphatic heterocycles. The van der Waals surface area contributed by atoms with Crippen LogP contribution in [0.4, 0.5) is 0 Å². The zero-order chi connectivity index (χ0) is 20.6. The van der Waals surface area contributed by atoms with Crippen molar-refractivity contribution in [1.29, 1.82) is 0 Å². The molecule has 1 aromatic rings. The number of carbonyl (C=O) groups excluding carboxylic acids is 3. The van der Waals surface area contributed by atoms with Crippen LogP contribution in [-0.4, -0.2) is 67.4 Å². The van der Waals surface area contributed by atoms with Gasteiger partial charge < -0.3 is 19.9 Å². The fourth-order valence-electron chi connectivity index (χ4n) is 4.42. The molecule has 0 unspecified atom stereocenters. The van der Waals surface area contributed by atoms with Gasteiger partial charge in [-0.1, -0.05) is 19.1 Å². The zero-order valence-electron chi connectivity index (χ0n) is 17.2. The number of benzene rings is 1. The first-order chi connectivity index (χ1) is 13.8. The first-order valence-electron chi connectivity index (χ1n) is 10.3. The van der Waals surface area contributed by atoms with Crippen LogP contribution in [0.5, 0.6) is 5.75 Å². The van der Waals surface area contributed by atoms with Gasteiger partial charge in [0, 0.05) is 31.6 Å². The van der Waals surface area contributed by atoms with Crippen LogP contribution >= 0.6 is 0 Å². The second-order valence-corrected chi connectivity index (χ2v) is 8.96. The fourth-order valence-corrected chi connectivity index (χ4v) is 4.42. The Bertz CT molecular complexity index is 827. The lowest BCUT2D eigenvalue weighted by Crippen LogP contribution is -2.67. The van der Waals surface area contributed by atoms with E-state index in [2.05, 4.69) is 5.32 Å². The average Bonchev–Trinajstić information content (AvgIpc) is 3.47. The molecule has 29 heavy (non-hydrogen) atoms. The van der Waals surface area contributed by atoms with Gasteiger partial charge in [0.2, 0.25) is 17.7 Å². The predicted octanol–water partition coefficient (Wildman–Crippen LogP) is 1.21. The number of rotatable bonds is 5. The molecule has 0 spiro atoms. The number of carbonyl (C=O) groups is 3. The third-order valence-corrected chi connectivity index (χ3v) is 6.47. The number of ether oxygens (including phenoxy) is 1. The third kappa shape index (κ3) is 3.82. The van der Waals surface area contributed by atoms with E-state index in [-0.39, 0.29) is 29.7 Å². The number of methoxy groups -OCH3 is 1. The minimum absolute atomic E-state index is 0.0256. The summed E-state index contributed by atoms with van der Waals surface area (Å²) in [4.78, 5) is 41.8. The molecule has 156 valence electrons. The molecule has 2 saturated heterocycles. The second kappa shape index (κ2) is 7.35. The Kier molecular flexibility index (Phi) is 5.00. The largest absolute Gasteiger partial charge is 0.497 e. The first kappa shape index (κ1) is 19.7. The van der Waals surface area contributed by atoms with Crippen LogP contribution in [0.2, 0.25) is 0 Å². The number of nitrogens with zero attached hydrogens (tertiary/aromatic N) is 2. The Morgan fingerprint density at radius 1 is 1.17 bits per heavy atom. The van der Waals surface area contributed by atoms with Crippen molar-refractivity contribution < 1.29 is 19.1 Å². The molecule has 0 bridgehead atoms. The molecule has 0 radical (unpaired) electrons. The molecular formula is C22H29N3O4. The summed E-state index contributed by atoms with van der Waals surface area (Å²) in [5.74, 6) is 0.754. The highest BCUT2D eigenvalue weighted by Crippen LogP contribution is 2.49. The molecule has 0 atom stereocenters. The van der Waals surface area contributed by atoms with E-state index < -0.39 is 5.41 Å². The van der Waals surface area contributed by atoms with Crippen LogP contribution in [0, 0.1) is 10.8 Å². The number of nitrogens with one attached hydrogen (secondary N) is 1. The Balaban J connectivity index is 1.56. The molecule has 7 heteroatoms. The quantitative estimate of drug-likeness (QED) is 0.807. The topological polar surface area (TPSA) is 79.0 Å². The average molecular weight is 399 g/mol. The summed E-state index contributed by atoms with van der Waals surface area (Å²) in [6.45, 7) is 4.06. The Morgan fingerprint density at radius 3 is 2.62 bits per heavy atom. The molecule has 1 aliphatic carbocycles. The van der Waals surface area contributed by atoms with E-state index in [0.29, 0.717) is 32.6 Å². The van der Waals surface area contributed by atoms with Crippen molar-refractivity contribution in [2.45, 2.75) is 32.6 Å². The van der Waals surface area contributed by atoms with E-state index in [1.807, 2.05) is 36.1 Å². The lowest BCUT2D eigenvalue weighted by atomic mass is 9.72. The van der Waals surface area contributed by atoms with Gasteiger partial charge >= 0.3 is 0 Å². The van der Waals surface area contributed by atoms with Crippen molar-refractivity contribution >= 4 is 17.7 Å². The molecule has 1 aromatic carbocycles. The molecular weight excluding hydrogens is 370 g/mol. The summed E-state index contributed by atoms with van der Waals surface area (Å²) < 4.78 is 5.33.